The van der Waals surface area contributed by atoms with Gasteiger partial charge in [0, 0.05) is 24.0 Å². The molecule has 1 aromatic heterocycles. The molecule has 2 aromatic rings. The third-order valence-electron chi connectivity index (χ3n) is 2.53. The first-order valence-electron chi connectivity index (χ1n) is 5.72. The molecule has 2 rings (SSSR count). The van der Waals surface area contributed by atoms with Gasteiger partial charge in [0.15, 0.2) is 0 Å². The van der Waals surface area contributed by atoms with Gasteiger partial charge in [0.2, 0.25) is 5.91 Å². The van der Waals surface area contributed by atoms with E-state index in [0.29, 0.717) is 18.7 Å². The smallest absolute Gasteiger partial charge is 0.224 e. The van der Waals surface area contributed by atoms with Gasteiger partial charge in [-0.1, -0.05) is 12.1 Å². The monoisotopic (exact) mass is 261 g/mol. The van der Waals surface area contributed by atoms with Crippen LogP contribution >= 0.6 is 11.3 Å². The Morgan fingerprint density at radius 2 is 2.11 bits per heavy atom. The van der Waals surface area contributed by atoms with Crippen molar-refractivity contribution in [1.29, 1.82) is 0 Å². The summed E-state index contributed by atoms with van der Waals surface area (Å²) in [5.74, 6) is 0.0231. The molecule has 0 fully saturated rings. The summed E-state index contributed by atoms with van der Waals surface area (Å²) < 4.78 is 0. The van der Waals surface area contributed by atoms with E-state index < -0.39 is 0 Å². The highest BCUT2D eigenvalue weighted by Crippen LogP contribution is 2.06. The van der Waals surface area contributed by atoms with E-state index in [4.69, 9.17) is 5.73 Å². The Balaban J connectivity index is 1.73. The van der Waals surface area contributed by atoms with Gasteiger partial charge >= 0.3 is 0 Å². The number of amides is 1. The van der Waals surface area contributed by atoms with Crippen molar-refractivity contribution >= 4 is 22.9 Å². The maximum atomic E-state index is 11.7. The van der Waals surface area contributed by atoms with Crippen LogP contribution in [0.25, 0.3) is 0 Å². The fourth-order valence-corrected chi connectivity index (χ4v) is 2.17. The lowest BCUT2D eigenvalue weighted by Gasteiger charge is -2.04. The van der Waals surface area contributed by atoms with Crippen LogP contribution in [0.5, 0.6) is 0 Å². The zero-order valence-electron chi connectivity index (χ0n) is 9.93. The van der Waals surface area contributed by atoms with Gasteiger partial charge in [-0.05, 0) is 17.7 Å². The summed E-state index contributed by atoms with van der Waals surface area (Å²) in [5.41, 5.74) is 10.1. The summed E-state index contributed by atoms with van der Waals surface area (Å²) in [6, 6.07) is 7.35. The molecule has 94 valence electrons. The van der Waals surface area contributed by atoms with Gasteiger partial charge in [-0.25, -0.2) is 4.98 Å². The second kappa shape index (κ2) is 6.16. The predicted molar refractivity (Wildman–Crippen MR) is 73.4 cm³/mol. The topological polar surface area (TPSA) is 68.0 Å². The van der Waals surface area contributed by atoms with Crippen molar-refractivity contribution in [2.24, 2.45) is 0 Å². The maximum absolute atomic E-state index is 11.7. The number of nitrogens with one attached hydrogen (secondary N) is 1. The number of hydrogen-bond acceptors (Lipinski definition) is 4. The first-order chi connectivity index (χ1) is 8.74. The molecule has 18 heavy (non-hydrogen) atoms. The zero-order chi connectivity index (χ0) is 12.8. The van der Waals surface area contributed by atoms with Crippen LogP contribution < -0.4 is 11.1 Å². The second-order valence-corrected chi connectivity index (χ2v) is 4.72. The van der Waals surface area contributed by atoms with E-state index in [2.05, 4.69) is 10.3 Å². The zero-order valence-corrected chi connectivity index (χ0v) is 10.7. The first-order valence-corrected chi connectivity index (χ1v) is 6.66. The van der Waals surface area contributed by atoms with Crippen LogP contribution in [0.1, 0.15) is 11.3 Å². The average Bonchev–Trinajstić information content (AvgIpc) is 2.85. The Labute approximate surface area is 110 Å². The standard InChI is InChI=1S/C13H15N3OS/c14-11-3-1-10(2-4-11)7-13(17)15-6-5-12-8-18-9-16-12/h1-4,8-9H,5-7,14H2,(H,15,17). The van der Waals surface area contributed by atoms with E-state index in [1.54, 1.807) is 29.0 Å². The number of thiazole rings is 1. The van der Waals surface area contributed by atoms with Crippen molar-refractivity contribution in [3.8, 4) is 0 Å². The molecule has 0 spiro atoms. The van der Waals surface area contributed by atoms with E-state index in [1.165, 1.54) is 0 Å². The number of anilines is 1. The van der Waals surface area contributed by atoms with Gasteiger partial charge in [-0.15, -0.1) is 11.3 Å². The van der Waals surface area contributed by atoms with Crippen LogP contribution in [-0.4, -0.2) is 17.4 Å². The molecule has 5 heteroatoms. The van der Waals surface area contributed by atoms with Crippen LogP contribution in [0.2, 0.25) is 0 Å². The predicted octanol–water partition coefficient (Wildman–Crippen LogP) is 1.63. The van der Waals surface area contributed by atoms with Crippen molar-refractivity contribution in [2.45, 2.75) is 12.8 Å². The minimum absolute atomic E-state index is 0.0231. The van der Waals surface area contributed by atoms with Gasteiger partial charge in [-0.3, -0.25) is 4.79 Å². The Kier molecular flexibility index (Phi) is 4.30. The number of rotatable bonds is 5. The Morgan fingerprint density at radius 1 is 1.33 bits per heavy atom. The number of benzene rings is 1. The lowest BCUT2D eigenvalue weighted by molar-refractivity contribution is -0.120. The van der Waals surface area contributed by atoms with E-state index in [0.717, 1.165) is 17.7 Å². The third-order valence-corrected chi connectivity index (χ3v) is 3.17. The molecule has 1 aromatic carbocycles. The minimum atomic E-state index is 0.0231. The molecular weight excluding hydrogens is 246 g/mol. The summed E-state index contributed by atoms with van der Waals surface area (Å²) in [6.45, 7) is 0.623. The summed E-state index contributed by atoms with van der Waals surface area (Å²) in [7, 11) is 0. The minimum Gasteiger partial charge on any atom is -0.399 e. The van der Waals surface area contributed by atoms with E-state index in [-0.39, 0.29) is 5.91 Å². The van der Waals surface area contributed by atoms with E-state index >= 15 is 0 Å². The lowest BCUT2D eigenvalue weighted by atomic mass is 10.1. The SMILES string of the molecule is Nc1ccc(CC(=O)NCCc2cscn2)cc1. The molecule has 4 nitrogen and oxygen atoms in total. The Hall–Kier alpha value is -1.88. The van der Waals surface area contributed by atoms with Gasteiger partial charge in [-0.2, -0.15) is 0 Å². The highest BCUT2D eigenvalue weighted by molar-refractivity contribution is 7.07. The van der Waals surface area contributed by atoms with Crippen molar-refractivity contribution < 1.29 is 4.79 Å². The molecule has 0 aliphatic carbocycles. The van der Waals surface area contributed by atoms with Gasteiger partial charge in [0.25, 0.3) is 0 Å². The first kappa shape index (κ1) is 12.6. The highest BCUT2D eigenvalue weighted by atomic mass is 32.1. The van der Waals surface area contributed by atoms with Gasteiger partial charge in [0.1, 0.15) is 0 Å². The number of hydrogen-bond donors (Lipinski definition) is 2. The molecule has 0 aliphatic heterocycles. The molecule has 0 aliphatic rings. The molecule has 1 amide bonds. The van der Waals surface area contributed by atoms with Crippen molar-refractivity contribution in [3.63, 3.8) is 0 Å². The number of carbonyl (C=O) groups excluding carboxylic acids is 1. The van der Waals surface area contributed by atoms with Crippen LogP contribution in [0.4, 0.5) is 5.69 Å². The summed E-state index contributed by atoms with van der Waals surface area (Å²) in [4.78, 5) is 15.8. The lowest BCUT2D eigenvalue weighted by Crippen LogP contribution is -2.27. The molecule has 3 N–H and O–H groups in total. The van der Waals surface area contributed by atoms with Crippen LogP contribution in [0.3, 0.4) is 0 Å². The normalized spacial score (nSPS) is 10.2. The summed E-state index contributed by atoms with van der Waals surface area (Å²) >= 11 is 1.57. The fourth-order valence-electron chi connectivity index (χ4n) is 1.57. The highest BCUT2D eigenvalue weighted by Gasteiger charge is 2.03. The Morgan fingerprint density at radius 3 is 2.78 bits per heavy atom. The quantitative estimate of drug-likeness (QED) is 0.804. The second-order valence-electron chi connectivity index (χ2n) is 4.00. The fraction of sp³-hybridized carbons (Fsp3) is 0.231. The largest absolute Gasteiger partial charge is 0.399 e. The van der Waals surface area contributed by atoms with Gasteiger partial charge in [0.05, 0.1) is 17.6 Å². The van der Waals surface area contributed by atoms with Crippen LogP contribution in [-0.2, 0) is 17.6 Å². The third kappa shape index (κ3) is 3.85. The summed E-state index contributed by atoms with van der Waals surface area (Å²) in [5, 5.41) is 4.87. The molecule has 0 saturated heterocycles. The molecule has 0 bridgehead atoms. The number of carbonyl (C=O) groups is 1. The Bertz CT molecular complexity index is 493. The van der Waals surface area contributed by atoms with Crippen LogP contribution in [0.15, 0.2) is 35.2 Å². The van der Waals surface area contributed by atoms with E-state index in [1.807, 2.05) is 17.5 Å². The van der Waals surface area contributed by atoms with Crippen molar-refractivity contribution in [3.05, 3.63) is 46.4 Å². The number of nitrogens with two attached hydrogens (primary N) is 1. The average molecular weight is 261 g/mol. The van der Waals surface area contributed by atoms with Gasteiger partial charge < -0.3 is 11.1 Å². The van der Waals surface area contributed by atoms with Crippen molar-refractivity contribution in [2.75, 3.05) is 12.3 Å². The number of nitrogen functional groups attached to an aromatic ring is 1. The molecule has 0 atom stereocenters. The molecule has 0 radical (unpaired) electrons. The van der Waals surface area contributed by atoms with E-state index in [9.17, 15) is 4.79 Å². The summed E-state index contributed by atoms with van der Waals surface area (Å²) in [6.07, 6.45) is 1.16. The number of aromatic nitrogens is 1. The van der Waals surface area contributed by atoms with Crippen molar-refractivity contribution in [1.82, 2.24) is 10.3 Å². The maximum Gasteiger partial charge on any atom is 0.224 e. The molecular formula is C13H15N3OS. The molecule has 0 saturated carbocycles. The van der Waals surface area contributed by atoms with Crippen LogP contribution in [0, 0.1) is 0 Å². The molecule has 1 heterocycles. The number of nitrogens with zero attached hydrogens (tertiary/aromatic N) is 1. The molecule has 0 unspecified atom stereocenters.